The SMILES string of the molecule is COc1ccc2c(c1)CC[C@@H]1[C@@H]2CC[C@@]2(C)[C@]13C1C[C@@]2(OC(C)=O)[C@@](C)(O)[C@@H]13. The third-order valence-electron chi connectivity index (χ3n) is 10.0. The second kappa shape index (κ2) is 4.77. The minimum atomic E-state index is -0.910. The average molecular weight is 383 g/mol. The van der Waals surface area contributed by atoms with E-state index in [-0.39, 0.29) is 22.7 Å². The zero-order valence-electron chi connectivity index (χ0n) is 17.2. The Morgan fingerprint density at radius 1 is 1.21 bits per heavy atom. The van der Waals surface area contributed by atoms with Crippen LogP contribution < -0.4 is 4.74 Å². The van der Waals surface area contributed by atoms with Gasteiger partial charge in [-0.2, -0.15) is 0 Å². The van der Waals surface area contributed by atoms with E-state index in [1.807, 2.05) is 6.92 Å². The maximum atomic E-state index is 12.1. The van der Waals surface area contributed by atoms with Crippen LogP contribution in [0.25, 0.3) is 0 Å². The Morgan fingerprint density at radius 3 is 2.64 bits per heavy atom. The van der Waals surface area contributed by atoms with E-state index in [9.17, 15) is 9.90 Å². The Labute approximate surface area is 166 Å². The number of methoxy groups -OCH3 is 1. The Kier molecular flexibility index (Phi) is 2.95. The average Bonchev–Trinajstić information content (AvgIpc) is 3.13. The molecule has 1 aromatic carbocycles. The molecule has 7 rings (SSSR count). The number of hydrogen-bond donors (Lipinski definition) is 1. The molecule has 0 aliphatic heterocycles. The molecule has 5 saturated carbocycles. The molecule has 0 radical (unpaired) electrons. The molecule has 1 unspecified atom stereocenters. The number of aliphatic hydroxyl groups is 1. The topological polar surface area (TPSA) is 55.8 Å². The van der Waals surface area contributed by atoms with Gasteiger partial charge in [0.2, 0.25) is 0 Å². The molecule has 4 heteroatoms. The fourth-order valence-corrected chi connectivity index (χ4v) is 9.50. The predicted octanol–water partition coefficient (Wildman–Crippen LogP) is 3.84. The number of ether oxygens (including phenoxy) is 2. The van der Waals surface area contributed by atoms with Crippen molar-refractivity contribution < 1.29 is 19.4 Å². The van der Waals surface area contributed by atoms with Gasteiger partial charge in [-0.3, -0.25) is 4.79 Å². The van der Waals surface area contributed by atoms with Gasteiger partial charge in [0.15, 0.2) is 0 Å². The highest BCUT2D eigenvalue weighted by atomic mass is 16.6. The lowest BCUT2D eigenvalue weighted by Crippen LogP contribution is -2.59. The fourth-order valence-electron chi connectivity index (χ4n) is 9.50. The minimum Gasteiger partial charge on any atom is -0.497 e. The van der Waals surface area contributed by atoms with E-state index in [1.54, 1.807) is 7.11 Å². The number of fused-ring (bicyclic) bond motifs is 3. The number of rotatable bonds is 2. The van der Waals surface area contributed by atoms with Gasteiger partial charge < -0.3 is 14.6 Å². The van der Waals surface area contributed by atoms with E-state index in [0.29, 0.717) is 17.8 Å². The molecule has 6 aliphatic carbocycles. The minimum absolute atomic E-state index is 0.115. The second-order valence-electron chi connectivity index (χ2n) is 10.5. The van der Waals surface area contributed by atoms with E-state index >= 15 is 0 Å². The standard InChI is InChI=1S/C24H30O4/c1-13(25)28-23-12-19-20(22(23,3)26)24(19)18-8-5-14-11-15(27-4)6-7-16(14)17(18)9-10-21(23,24)2/h6-7,11,17-20,26H,5,8-10,12H2,1-4H3/t17-,18-,19?,20-,21-,22+,23+,24+/m1/s1. The molecular formula is C24H30O4. The summed E-state index contributed by atoms with van der Waals surface area (Å²) in [5.74, 6) is 2.60. The summed E-state index contributed by atoms with van der Waals surface area (Å²) in [5, 5.41) is 11.7. The van der Waals surface area contributed by atoms with Crippen molar-refractivity contribution in [1.82, 2.24) is 0 Å². The first kappa shape index (κ1) is 17.3. The Bertz CT molecular complexity index is 906. The van der Waals surface area contributed by atoms with Gasteiger partial charge in [-0.1, -0.05) is 13.0 Å². The summed E-state index contributed by atoms with van der Waals surface area (Å²) in [4.78, 5) is 12.1. The largest absolute Gasteiger partial charge is 0.497 e. The van der Waals surface area contributed by atoms with Crippen LogP contribution in [0.15, 0.2) is 18.2 Å². The number of hydrogen-bond acceptors (Lipinski definition) is 4. The first-order valence-corrected chi connectivity index (χ1v) is 10.8. The van der Waals surface area contributed by atoms with Crippen molar-refractivity contribution in [3.63, 3.8) is 0 Å². The maximum Gasteiger partial charge on any atom is 0.303 e. The molecule has 0 saturated heterocycles. The van der Waals surface area contributed by atoms with E-state index < -0.39 is 11.2 Å². The van der Waals surface area contributed by atoms with E-state index in [1.165, 1.54) is 24.5 Å². The molecule has 0 aromatic heterocycles. The maximum absolute atomic E-state index is 12.1. The molecule has 1 N–H and O–H groups in total. The van der Waals surface area contributed by atoms with Gasteiger partial charge in [0.25, 0.3) is 0 Å². The van der Waals surface area contributed by atoms with Crippen LogP contribution in [0.1, 0.15) is 63.5 Å². The Hall–Kier alpha value is -1.55. The van der Waals surface area contributed by atoms with Crippen molar-refractivity contribution in [3.8, 4) is 5.75 Å². The molecule has 0 amide bonds. The normalized spacial score (nSPS) is 51.8. The molecule has 4 nitrogen and oxygen atoms in total. The van der Waals surface area contributed by atoms with Gasteiger partial charge in [0.1, 0.15) is 17.0 Å². The second-order valence-corrected chi connectivity index (χ2v) is 10.5. The van der Waals surface area contributed by atoms with Crippen LogP contribution in [0.3, 0.4) is 0 Å². The lowest BCUT2D eigenvalue weighted by Gasteiger charge is -2.54. The number of benzene rings is 1. The summed E-state index contributed by atoms with van der Waals surface area (Å²) >= 11 is 0. The summed E-state index contributed by atoms with van der Waals surface area (Å²) < 4.78 is 11.5. The fraction of sp³-hybridized carbons (Fsp3) is 0.708. The molecule has 5 fully saturated rings. The molecule has 6 aliphatic rings. The first-order valence-electron chi connectivity index (χ1n) is 10.8. The highest BCUT2D eigenvalue weighted by molar-refractivity contribution is 5.68. The van der Waals surface area contributed by atoms with Crippen molar-refractivity contribution in [2.75, 3.05) is 7.11 Å². The van der Waals surface area contributed by atoms with E-state index in [0.717, 1.165) is 31.4 Å². The Balaban J connectivity index is 1.47. The summed E-state index contributed by atoms with van der Waals surface area (Å²) in [6.07, 6.45) is 5.23. The summed E-state index contributed by atoms with van der Waals surface area (Å²) in [6.45, 7) is 5.78. The van der Waals surface area contributed by atoms with Gasteiger partial charge in [-0.25, -0.2) is 0 Å². The quantitative estimate of drug-likeness (QED) is 0.790. The van der Waals surface area contributed by atoms with Gasteiger partial charge in [0.05, 0.1) is 7.11 Å². The van der Waals surface area contributed by atoms with Crippen molar-refractivity contribution in [3.05, 3.63) is 29.3 Å². The smallest absolute Gasteiger partial charge is 0.303 e. The zero-order valence-corrected chi connectivity index (χ0v) is 17.2. The van der Waals surface area contributed by atoms with E-state index in [2.05, 4.69) is 25.1 Å². The van der Waals surface area contributed by atoms with E-state index in [4.69, 9.17) is 9.47 Å². The summed E-state index contributed by atoms with van der Waals surface area (Å²) in [6, 6.07) is 6.59. The van der Waals surface area contributed by atoms with Gasteiger partial charge in [0, 0.05) is 18.3 Å². The molecular weight excluding hydrogens is 352 g/mol. The molecule has 28 heavy (non-hydrogen) atoms. The van der Waals surface area contributed by atoms with Gasteiger partial charge in [-0.05, 0) is 85.5 Å². The van der Waals surface area contributed by atoms with Crippen LogP contribution in [0.2, 0.25) is 0 Å². The van der Waals surface area contributed by atoms with Crippen LogP contribution >= 0.6 is 0 Å². The monoisotopic (exact) mass is 382 g/mol. The third kappa shape index (κ3) is 1.48. The van der Waals surface area contributed by atoms with Crippen molar-refractivity contribution in [2.24, 2.45) is 28.6 Å². The van der Waals surface area contributed by atoms with Crippen molar-refractivity contribution >= 4 is 5.97 Å². The van der Waals surface area contributed by atoms with Crippen LogP contribution in [-0.4, -0.2) is 29.4 Å². The molecule has 1 aromatic rings. The summed E-state index contributed by atoms with van der Waals surface area (Å²) in [5.41, 5.74) is 1.33. The lowest BCUT2D eigenvalue weighted by molar-refractivity contribution is -0.207. The Morgan fingerprint density at radius 2 is 2.00 bits per heavy atom. The summed E-state index contributed by atoms with van der Waals surface area (Å²) in [7, 11) is 1.73. The molecule has 0 heterocycles. The van der Waals surface area contributed by atoms with Gasteiger partial charge >= 0.3 is 5.97 Å². The van der Waals surface area contributed by atoms with Crippen molar-refractivity contribution in [2.45, 2.75) is 70.0 Å². The number of esters is 1. The van der Waals surface area contributed by atoms with Gasteiger partial charge in [-0.15, -0.1) is 0 Å². The highest BCUT2D eigenvalue weighted by Gasteiger charge is 2.99. The molecule has 150 valence electrons. The first-order chi connectivity index (χ1) is 13.2. The number of aryl methyl sites for hydroxylation is 1. The third-order valence-corrected chi connectivity index (χ3v) is 10.0. The zero-order chi connectivity index (χ0) is 19.7. The number of carbonyl (C=O) groups excluding carboxylic acids is 1. The van der Waals surface area contributed by atoms with Crippen LogP contribution in [0.5, 0.6) is 5.75 Å². The molecule has 8 atom stereocenters. The number of carbonyl (C=O) groups is 1. The van der Waals surface area contributed by atoms with Crippen LogP contribution in [0, 0.1) is 28.6 Å². The predicted molar refractivity (Wildman–Crippen MR) is 104 cm³/mol. The molecule has 4 bridgehead atoms. The van der Waals surface area contributed by atoms with Crippen LogP contribution in [0.4, 0.5) is 0 Å². The van der Waals surface area contributed by atoms with Crippen LogP contribution in [-0.2, 0) is 16.0 Å². The highest BCUT2D eigenvalue weighted by Crippen LogP contribution is 2.96. The lowest BCUT2D eigenvalue weighted by atomic mass is 9.51. The molecule has 1 spiro atoms. The van der Waals surface area contributed by atoms with Crippen molar-refractivity contribution in [1.29, 1.82) is 0 Å².